The number of carbonyl (C=O) groups is 1. The molecule has 1 aliphatic rings. The zero-order chi connectivity index (χ0) is 14.0. The first-order chi connectivity index (χ1) is 8.94. The third-order valence-electron chi connectivity index (χ3n) is 3.73. The molecule has 1 aromatic rings. The van der Waals surface area contributed by atoms with Crippen LogP contribution in [-0.2, 0) is 4.79 Å². The average Bonchev–Trinajstić information content (AvgIpc) is 2.77. The molecule has 3 N–H and O–H groups in total. The Labute approximate surface area is 129 Å². The summed E-state index contributed by atoms with van der Waals surface area (Å²) < 4.78 is 13.8. The van der Waals surface area contributed by atoms with Crippen molar-refractivity contribution in [1.82, 2.24) is 5.32 Å². The highest BCUT2D eigenvalue weighted by Crippen LogP contribution is 2.30. The van der Waals surface area contributed by atoms with Gasteiger partial charge in [-0.15, -0.1) is 12.4 Å². The summed E-state index contributed by atoms with van der Waals surface area (Å²) in [6.07, 6.45) is 3.27. The Hall–Kier alpha value is -0.840. The van der Waals surface area contributed by atoms with Crippen LogP contribution in [0.15, 0.2) is 18.2 Å². The number of carbonyl (C=O) groups excluding carboxylic acids is 1. The molecule has 0 aliphatic heterocycles. The number of benzene rings is 1. The van der Waals surface area contributed by atoms with Crippen LogP contribution in [0.5, 0.6) is 0 Å². The van der Waals surface area contributed by atoms with E-state index in [2.05, 4.69) is 5.32 Å². The average molecular weight is 321 g/mol. The number of nitrogens with one attached hydrogen (secondary N) is 1. The van der Waals surface area contributed by atoms with Crippen molar-refractivity contribution in [1.29, 1.82) is 0 Å². The van der Waals surface area contributed by atoms with Crippen LogP contribution < -0.4 is 11.1 Å². The number of halogens is 3. The minimum Gasteiger partial charge on any atom is -0.348 e. The largest absolute Gasteiger partial charge is 0.348 e. The lowest BCUT2D eigenvalue weighted by atomic mass is 9.97. The van der Waals surface area contributed by atoms with E-state index >= 15 is 0 Å². The molecule has 0 saturated heterocycles. The van der Waals surface area contributed by atoms with Crippen molar-refractivity contribution in [2.24, 2.45) is 5.73 Å². The second-order valence-corrected chi connectivity index (χ2v) is 5.60. The Morgan fingerprint density at radius 2 is 2.05 bits per heavy atom. The first kappa shape index (κ1) is 17.2. The third kappa shape index (κ3) is 3.43. The second-order valence-electron chi connectivity index (χ2n) is 5.19. The summed E-state index contributed by atoms with van der Waals surface area (Å²) in [4.78, 5) is 12.2. The van der Waals surface area contributed by atoms with Gasteiger partial charge in [0.2, 0.25) is 5.91 Å². The predicted molar refractivity (Wildman–Crippen MR) is 80.6 cm³/mol. The van der Waals surface area contributed by atoms with E-state index in [1.54, 1.807) is 13.0 Å². The molecule has 1 amide bonds. The Bertz CT molecular complexity index is 470. The fraction of sp³-hybridized carbons (Fsp3) is 0.500. The molecule has 0 aromatic heterocycles. The van der Waals surface area contributed by atoms with Gasteiger partial charge in [0.15, 0.2) is 0 Å². The monoisotopic (exact) mass is 320 g/mol. The molecule has 3 nitrogen and oxygen atoms in total. The molecule has 1 aromatic carbocycles. The molecule has 20 heavy (non-hydrogen) atoms. The van der Waals surface area contributed by atoms with Crippen molar-refractivity contribution in [2.75, 3.05) is 0 Å². The number of nitrogens with two attached hydrogens (primary N) is 1. The van der Waals surface area contributed by atoms with Gasteiger partial charge in [-0.3, -0.25) is 4.79 Å². The maximum Gasteiger partial charge on any atom is 0.240 e. The van der Waals surface area contributed by atoms with Gasteiger partial charge in [-0.25, -0.2) is 4.39 Å². The lowest BCUT2D eigenvalue weighted by molar-refractivity contribution is -0.126. The maximum atomic E-state index is 13.8. The minimum absolute atomic E-state index is 0. The van der Waals surface area contributed by atoms with Crippen LogP contribution in [0.4, 0.5) is 4.39 Å². The lowest BCUT2D eigenvalue weighted by Crippen LogP contribution is -2.52. The molecular weight excluding hydrogens is 302 g/mol. The van der Waals surface area contributed by atoms with Crippen molar-refractivity contribution in [3.8, 4) is 0 Å². The predicted octanol–water partition coefficient (Wildman–Crippen LogP) is 3.35. The first-order valence-corrected chi connectivity index (χ1v) is 6.85. The molecular formula is C14H19Cl2FN2O. The van der Waals surface area contributed by atoms with Crippen LogP contribution in [0.1, 0.15) is 44.2 Å². The van der Waals surface area contributed by atoms with E-state index in [1.807, 2.05) is 0 Å². The summed E-state index contributed by atoms with van der Waals surface area (Å²) in [6.45, 7) is 1.71. The molecule has 1 fully saturated rings. The van der Waals surface area contributed by atoms with E-state index in [0.717, 1.165) is 12.8 Å². The lowest BCUT2D eigenvalue weighted by Gasteiger charge is -2.25. The molecule has 0 radical (unpaired) electrons. The Morgan fingerprint density at radius 1 is 1.45 bits per heavy atom. The fourth-order valence-corrected chi connectivity index (χ4v) is 2.90. The molecule has 0 heterocycles. The molecule has 2 rings (SSSR count). The van der Waals surface area contributed by atoms with Gasteiger partial charge in [0, 0.05) is 10.6 Å². The van der Waals surface area contributed by atoms with E-state index in [4.69, 9.17) is 17.3 Å². The number of amides is 1. The first-order valence-electron chi connectivity index (χ1n) is 6.48. The molecule has 0 bridgehead atoms. The standard InChI is InChI=1S/C14H18ClFN2O.ClH/c1-9(12-10(15)5-4-6-11(12)16)18-13(19)14(17)7-2-3-8-14;/h4-6,9H,2-3,7-8,17H2,1H3,(H,18,19);1H. The number of rotatable bonds is 3. The van der Waals surface area contributed by atoms with Crippen molar-refractivity contribution in [2.45, 2.75) is 44.2 Å². The topological polar surface area (TPSA) is 55.1 Å². The van der Waals surface area contributed by atoms with Crippen LogP contribution in [0.25, 0.3) is 0 Å². The normalized spacial score (nSPS) is 18.2. The Balaban J connectivity index is 0.00000200. The van der Waals surface area contributed by atoms with Gasteiger partial charge in [0.1, 0.15) is 5.82 Å². The van der Waals surface area contributed by atoms with E-state index < -0.39 is 17.4 Å². The highest BCUT2D eigenvalue weighted by Gasteiger charge is 2.37. The van der Waals surface area contributed by atoms with Crippen LogP contribution >= 0.6 is 24.0 Å². The second kappa shape index (κ2) is 6.74. The van der Waals surface area contributed by atoms with Gasteiger partial charge in [0.25, 0.3) is 0 Å². The highest BCUT2D eigenvalue weighted by molar-refractivity contribution is 6.31. The zero-order valence-corrected chi connectivity index (χ0v) is 12.9. The molecule has 1 unspecified atom stereocenters. The van der Waals surface area contributed by atoms with Crippen molar-refractivity contribution in [3.05, 3.63) is 34.6 Å². The zero-order valence-electron chi connectivity index (χ0n) is 11.3. The maximum absolute atomic E-state index is 13.8. The summed E-state index contributed by atoms with van der Waals surface area (Å²) in [5, 5.41) is 3.08. The SMILES string of the molecule is CC(NC(=O)C1(N)CCCC1)c1c(F)cccc1Cl.Cl. The van der Waals surface area contributed by atoms with Gasteiger partial charge in [-0.2, -0.15) is 0 Å². The molecule has 0 spiro atoms. The van der Waals surface area contributed by atoms with Crippen molar-refractivity contribution < 1.29 is 9.18 Å². The quantitative estimate of drug-likeness (QED) is 0.897. The summed E-state index contributed by atoms with van der Waals surface area (Å²) in [7, 11) is 0. The van der Waals surface area contributed by atoms with E-state index in [-0.39, 0.29) is 18.3 Å². The summed E-state index contributed by atoms with van der Waals surface area (Å²) in [5.41, 5.74) is 5.56. The Kier molecular flexibility index (Phi) is 5.80. The molecule has 1 aliphatic carbocycles. The van der Waals surface area contributed by atoms with Crippen molar-refractivity contribution in [3.63, 3.8) is 0 Å². The number of hydrogen-bond donors (Lipinski definition) is 2. The number of hydrogen-bond acceptors (Lipinski definition) is 2. The molecule has 6 heteroatoms. The summed E-state index contributed by atoms with van der Waals surface area (Å²) in [6, 6.07) is 3.98. The van der Waals surface area contributed by atoms with Gasteiger partial charge in [-0.1, -0.05) is 30.5 Å². The minimum atomic E-state index is -0.813. The van der Waals surface area contributed by atoms with E-state index in [1.165, 1.54) is 12.1 Å². The van der Waals surface area contributed by atoms with Crippen LogP contribution in [-0.4, -0.2) is 11.4 Å². The van der Waals surface area contributed by atoms with Gasteiger partial charge >= 0.3 is 0 Å². The smallest absolute Gasteiger partial charge is 0.240 e. The van der Waals surface area contributed by atoms with Gasteiger partial charge < -0.3 is 11.1 Å². The highest BCUT2D eigenvalue weighted by atomic mass is 35.5. The van der Waals surface area contributed by atoms with Gasteiger partial charge in [0.05, 0.1) is 11.6 Å². The Morgan fingerprint density at radius 3 is 2.60 bits per heavy atom. The fourth-order valence-electron chi connectivity index (χ4n) is 2.57. The van der Waals surface area contributed by atoms with E-state index in [9.17, 15) is 9.18 Å². The molecule has 1 saturated carbocycles. The van der Waals surface area contributed by atoms with Crippen LogP contribution in [0.3, 0.4) is 0 Å². The summed E-state index contributed by atoms with van der Waals surface area (Å²) >= 11 is 5.98. The van der Waals surface area contributed by atoms with Gasteiger partial charge in [-0.05, 0) is 31.9 Å². The third-order valence-corrected chi connectivity index (χ3v) is 4.06. The van der Waals surface area contributed by atoms with Crippen LogP contribution in [0.2, 0.25) is 5.02 Å². The molecule has 112 valence electrons. The van der Waals surface area contributed by atoms with Crippen LogP contribution in [0, 0.1) is 5.82 Å². The van der Waals surface area contributed by atoms with Crippen molar-refractivity contribution >= 4 is 29.9 Å². The summed E-state index contributed by atoms with van der Waals surface area (Å²) in [5.74, 6) is -0.644. The molecule has 1 atom stereocenters. The van der Waals surface area contributed by atoms with E-state index in [0.29, 0.717) is 23.4 Å².